The zero-order chi connectivity index (χ0) is 23.2. The molecule has 11 heteroatoms. The fourth-order valence-corrected chi connectivity index (χ4v) is 5.37. The highest BCUT2D eigenvalue weighted by Crippen LogP contribution is 2.34. The van der Waals surface area contributed by atoms with Gasteiger partial charge in [-0.3, -0.25) is 4.79 Å². The third-order valence-corrected chi connectivity index (χ3v) is 6.99. The lowest BCUT2D eigenvalue weighted by Crippen LogP contribution is -2.48. The van der Waals surface area contributed by atoms with Crippen LogP contribution in [0.4, 0.5) is 18.9 Å². The first-order valence-electron chi connectivity index (χ1n) is 9.29. The fraction of sp³-hybridized carbons (Fsp3) is 0.350. The quantitative estimate of drug-likeness (QED) is 0.615. The smallest absolute Gasteiger partial charge is 0.394 e. The van der Waals surface area contributed by atoms with E-state index in [0.717, 1.165) is 6.07 Å². The summed E-state index contributed by atoms with van der Waals surface area (Å²) in [5.74, 6) is -0.744. The zero-order valence-corrected chi connectivity index (χ0v) is 17.7. The van der Waals surface area contributed by atoms with Gasteiger partial charge in [-0.15, -0.1) is 6.58 Å². The Hall–Kier alpha value is -2.63. The number of halogens is 3. The molecule has 0 saturated carbocycles. The standard InChI is InChI=1S/C20H22F3N3O4S/c1-4-19(11-27)8-7-14-16(31(29,30)25-19)10-26(3)17(14)18(28)24-13-6-5-12(2)15(9-13)20(21,22)23/h4-6,9-10,25,27H,1,7-8,11H2,2-3H3,(H,24,28)/t19-/m1/s1. The van der Waals surface area contributed by atoms with Crippen LogP contribution in [0.5, 0.6) is 0 Å². The van der Waals surface area contributed by atoms with Crippen LogP contribution in [-0.4, -0.2) is 36.1 Å². The molecule has 31 heavy (non-hydrogen) atoms. The van der Waals surface area contributed by atoms with Crippen LogP contribution >= 0.6 is 0 Å². The topological polar surface area (TPSA) is 100 Å². The van der Waals surface area contributed by atoms with Gasteiger partial charge in [0.2, 0.25) is 10.0 Å². The van der Waals surface area contributed by atoms with E-state index in [4.69, 9.17) is 0 Å². The van der Waals surface area contributed by atoms with Gasteiger partial charge in [-0.25, -0.2) is 8.42 Å². The van der Waals surface area contributed by atoms with E-state index in [1.54, 1.807) is 0 Å². The number of alkyl halides is 3. The third-order valence-electron chi connectivity index (χ3n) is 5.38. The predicted molar refractivity (Wildman–Crippen MR) is 108 cm³/mol. The number of carbonyl (C=O) groups is 1. The summed E-state index contributed by atoms with van der Waals surface area (Å²) >= 11 is 0. The molecule has 0 aliphatic carbocycles. The maximum atomic E-state index is 13.2. The van der Waals surface area contributed by atoms with Crippen molar-refractivity contribution in [1.82, 2.24) is 9.29 Å². The first-order chi connectivity index (χ1) is 14.3. The molecule has 1 aromatic carbocycles. The summed E-state index contributed by atoms with van der Waals surface area (Å²) in [4.78, 5) is 12.8. The lowest BCUT2D eigenvalue weighted by atomic mass is 9.93. The molecule has 2 aromatic rings. The van der Waals surface area contributed by atoms with Gasteiger partial charge in [0.15, 0.2) is 0 Å². The Morgan fingerprint density at radius 3 is 2.68 bits per heavy atom. The molecule has 0 radical (unpaired) electrons. The highest BCUT2D eigenvalue weighted by molar-refractivity contribution is 7.89. The van der Waals surface area contributed by atoms with Crippen molar-refractivity contribution in [3.05, 3.63) is 59.4 Å². The first-order valence-corrected chi connectivity index (χ1v) is 10.8. The molecule has 3 N–H and O–H groups in total. The number of aryl methyl sites for hydroxylation is 2. The van der Waals surface area contributed by atoms with Gasteiger partial charge in [0.25, 0.3) is 5.91 Å². The number of hydrogen-bond acceptors (Lipinski definition) is 4. The highest BCUT2D eigenvalue weighted by atomic mass is 32.2. The first kappa shape index (κ1) is 23.0. The van der Waals surface area contributed by atoms with Crippen molar-refractivity contribution in [2.45, 2.75) is 36.4 Å². The summed E-state index contributed by atoms with van der Waals surface area (Å²) < 4.78 is 68.9. The monoisotopic (exact) mass is 457 g/mol. The van der Waals surface area contributed by atoms with Gasteiger partial charge in [0.05, 0.1) is 17.7 Å². The van der Waals surface area contributed by atoms with Gasteiger partial charge in [0, 0.05) is 24.5 Å². The summed E-state index contributed by atoms with van der Waals surface area (Å²) in [5.41, 5.74) is -1.99. The Morgan fingerprint density at radius 1 is 1.42 bits per heavy atom. The van der Waals surface area contributed by atoms with Crippen molar-refractivity contribution in [3.63, 3.8) is 0 Å². The minimum atomic E-state index is -4.58. The van der Waals surface area contributed by atoms with Crippen molar-refractivity contribution < 1.29 is 31.5 Å². The molecule has 2 heterocycles. The average molecular weight is 457 g/mol. The van der Waals surface area contributed by atoms with Crippen molar-refractivity contribution in [2.24, 2.45) is 7.05 Å². The molecular weight excluding hydrogens is 435 g/mol. The van der Waals surface area contributed by atoms with E-state index in [2.05, 4.69) is 16.6 Å². The number of amides is 1. The lowest BCUT2D eigenvalue weighted by molar-refractivity contribution is -0.138. The molecule has 1 atom stereocenters. The van der Waals surface area contributed by atoms with Gasteiger partial charge in [-0.1, -0.05) is 12.1 Å². The molecule has 1 aliphatic heterocycles. The predicted octanol–water partition coefficient (Wildman–Crippen LogP) is 2.75. The van der Waals surface area contributed by atoms with Gasteiger partial charge in [-0.2, -0.15) is 17.9 Å². The van der Waals surface area contributed by atoms with Crippen LogP contribution in [0.3, 0.4) is 0 Å². The van der Waals surface area contributed by atoms with E-state index >= 15 is 0 Å². The number of nitrogens with one attached hydrogen (secondary N) is 2. The molecule has 7 nitrogen and oxygen atoms in total. The van der Waals surface area contributed by atoms with E-state index in [0.29, 0.717) is 0 Å². The highest BCUT2D eigenvalue weighted by Gasteiger charge is 2.39. The normalized spacial score (nSPS) is 20.6. The van der Waals surface area contributed by atoms with Crippen molar-refractivity contribution in [3.8, 4) is 0 Å². The molecule has 1 amide bonds. The van der Waals surface area contributed by atoms with Gasteiger partial charge in [0.1, 0.15) is 10.6 Å². The molecular formula is C20H22F3N3O4S. The van der Waals surface area contributed by atoms with E-state index < -0.39 is 39.8 Å². The summed E-state index contributed by atoms with van der Waals surface area (Å²) in [6.07, 6.45) is -1.74. The fourth-order valence-electron chi connectivity index (χ4n) is 3.66. The minimum Gasteiger partial charge on any atom is -0.394 e. The molecule has 0 fully saturated rings. The number of aliphatic hydroxyl groups is 1. The maximum Gasteiger partial charge on any atom is 0.416 e. The SMILES string of the molecule is C=C[C@]1(CO)CCc2c(cn(C)c2C(=O)Nc2ccc(C)c(C(F)(F)F)c2)S(=O)(=O)N1. The number of rotatable bonds is 4. The summed E-state index contributed by atoms with van der Waals surface area (Å²) in [6, 6.07) is 3.43. The Morgan fingerprint density at radius 2 is 2.10 bits per heavy atom. The van der Waals surface area contributed by atoms with Crippen LogP contribution in [0.1, 0.15) is 33.6 Å². The van der Waals surface area contributed by atoms with E-state index in [-0.39, 0.29) is 40.2 Å². The summed E-state index contributed by atoms with van der Waals surface area (Å²) in [6.45, 7) is 4.38. The number of nitrogens with zero attached hydrogens (tertiary/aromatic N) is 1. The Labute approximate surface area is 177 Å². The van der Waals surface area contributed by atoms with Crippen LogP contribution in [0.25, 0.3) is 0 Å². The van der Waals surface area contributed by atoms with E-state index in [9.17, 15) is 31.5 Å². The minimum absolute atomic E-state index is 0.00677. The Bertz CT molecular complexity index is 1160. The number of aliphatic hydroxyl groups excluding tert-OH is 1. The van der Waals surface area contributed by atoms with Crippen LogP contribution in [-0.2, 0) is 29.7 Å². The largest absolute Gasteiger partial charge is 0.416 e. The molecule has 0 spiro atoms. The van der Waals surface area contributed by atoms with Crippen LogP contribution in [0.2, 0.25) is 0 Å². The molecule has 1 aliphatic rings. The van der Waals surface area contributed by atoms with E-state index in [1.807, 2.05) is 0 Å². The second kappa shape index (κ2) is 7.81. The number of hydrogen-bond donors (Lipinski definition) is 3. The molecule has 0 saturated heterocycles. The van der Waals surface area contributed by atoms with Gasteiger partial charge in [-0.05, 0) is 37.5 Å². The number of aromatic nitrogens is 1. The summed E-state index contributed by atoms with van der Waals surface area (Å²) in [5, 5.41) is 12.1. The number of carbonyl (C=O) groups excluding carboxylic acids is 1. The number of sulfonamides is 1. The number of fused-ring (bicyclic) bond motifs is 1. The Balaban J connectivity index is 2.01. The van der Waals surface area contributed by atoms with Crippen LogP contribution in [0, 0.1) is 6.92 Å². The maximum absolute atomic E-state index is 13.2. The summed E-state index contributed by atoms with van der Waals surface area (Å²) in [7, 11) is -2.61. The van der Waals surface area contributed by atoms with Crippen molar-refractivity contribution in [1.29, 1.82) is 0 Å². The second-order valence-electron chi connectivity index (χ2n) is 7.54. The Kier molecular flexibility index (Phi) is 5.80. The number of anilines is 1. The molecule has 3 rings (SSSR count). The lowest BCUT2D eigenvalue weighted by Gasteiger charge is -2.27. The molecule has 0 bridgehead atoms. The van der Waals surface area contributed by atoms with Crippen LogP contribution < -0.4 is 10.0 Å². The van der Waals surface area contributed by atoms with Crippen molar-refractivity contribution in [2.75, 3.05) is 11.9 Å². The van der Waals surface area contributed by atoms with E-state index in [1.165, 1.54) is 42.9 Å². The second-order valence-corrected chi connectivity index (χ2v) is 9.19. The zero-order valence-electron chi connectivity index (χ0n) is 16.9. The van der Waals surface area contributed by atoms with Gasteiger partial charge >= 0.3 is 6.18 Å². The third kappa shape index (κ3) is 4.25. The van der Waals surface area contributed by atoms with Crippen molar-refractivity contribution >= 4 is 21.6 Å². The number of benzene rings is 1. The molecule has 168 valence electrons. The molecule has 0 unspecified atom stereocenters. The van der Waals surface area contributed by atoms with Crippen LogP contribution in [0.15, 0.2) is 41.9 Å². The average Bonchev–Trinajstić information content (AvgIpc) is 2.98. The molecule has 1 aromatic heterocycles. The van der Waals surface area contributed by atoms with Gasteiger partial charge < -0.3 is 15.0 Å².